The number of ether oxygens (including phenoxy) is 1. The van der Waals surface area contributed by atoms with Gasteiger partial charge in [0.05, 0.1) is 11.8 Å². The van der Waals surface area contributed by atoms with Crippen molar-refractivity contribution in [2.45, 2.75) is 27.0 Å². The number of carbonyl (C=O) groups is 1. The van der Waals surface area contributed by atoms with Crippen LogP contribution in [0.2, 0.25) is 0 Å². The first-order valence-electron chi connectivity index (χ1n) is 8.69. The topological polar surface area (TPSA) is 44.1 Å². The van der Waals surface area contributed by atoms with E-state index >= 15 is 0 Å². The van der Waals surface area contributed by atoms with Crippen molar-refractivity contribution in [3.63, 3.8) is 0 Å². The van der Waals surface area contributed by atoms with Crippen molar-refractivity contribution in [1.29, 1.82) is 0 Å². The van der Waals surface area contributed by atoms with Gasteiger partial charge in [-0.2, -0.15) is 5.10 Å². The first-order chi connectivity index (χ1) is 12.7. The second kappa shape index (κ2) is 8.30. The van der Waals surface area contributed by atoms with Gasteiger partial charge in [0.25, 0.3) is 0 Å². The van der Waals surface area contributed by atoms with Crippen LogP contribution in [0.25, 0.3) is 6.08 Å². The molecular formula is C22H22N2O2. The average Bonchev–Trinajstić information content (AvgIpc) is 3.06. The number of benzene rings is 2. The normalized spacial score (nSPS) is 11.0. The number of hydrogen-bond donors (Lipinski definition) is 0. The van der Waals surface area contributed by atoms with E-state index in [2.05, 4.69) is 5.10 Å². The fourth-order valence-electron chi connectivity index (χ4n) is 2.75. The molecule has 0 fully saturated rings. The maximum absolute atomic E-state index is 12.5. The molecule has 2 aromatic carbocycles. The lowest BCUT2D eigenvalue weighted by Gasteiger charge is -2.09. The highest BCUT2D eigenvalue weighted by atomic mass is 16.5. The number of allylic oxidation sites excluding steroid dienone is 1. The summed E-state index contributed by atoms with van der Waals surface area (Å²) in [6.07, 6.45) is 5.00. The predicted molar refractivity (Wildman–Crippen MR) is 103 cm³/mol. The van der Waals surface area contributed by atoms with Crippen LogP contribution in [0.15, 0.2) is 66.9 Å². The van der Waals surface area contributed by atoms with E-state index in [1.54, 1.807) is 18.3 Å². The molecule has 1 heterocycles. The van der Waals surface area contributed by atoms with Gasteiger partial charge in [0.1, 0.15) is 12.4 Å². The number of aryl methyl sites for hydroxylation is 1. The van der Waals surface area contributed by atoms with Gasteiger partial charge in [-0.25, -0.2) is 0 Å². The van der Waals surface area contributed by atoms with Crippen LogP contribution >= 0.6 is 0 Å². The van der Waals surface area contributed by atoms with Crippen LogP contribution in [0, 0.1) is 6.92 Å². The van der Waals surface area contributed by atoms with Gasteiger partial charge in [-0.1, -0.05) is 48.5 Å². The van der Waals surface area contributed by atoms with Crippen molar-refractivity contribution in [3.05, 3.63) is 89.3 Å². The third-order valence-corrected chi connectivity index (χ3v) is 4.24. The van der Waals surface area contributed by atoms with Gasteiger partial charge in [-0.15, -0.1) is 0 Å². The van der Waals surface area contributed by atoms with Gasteiger partial charge in [0.15, 0.2) is 5.78 Å². The van der Waals surface area contributed by atoms with Gasteiger partial charge in [0, 0.05) is 17.8 Å². The minimum absolute atomic E-state index is 0.0555. The fourth-order valence-corrected chi connectivity index (χ4v) is 2.75. The third kappa shape index (κ3) is 4.09. The molecular weight excluding hydrogens is 324 g/mol. The zero-order valence-electron chi connectivity index (χ0n) is 15.1. The molecule has 0 saturated carbocycles. The minimum Gasteiger partial charge on any atom is -0.488 e. The maximum atomic E-state index is 12.5. The number of para-hydroxylation sites is 1. The standard InChI is InChI=1S/C22H22N2O2/c1-3-24-17(2)20(15-23-24)21(25)14-13-19-11-7-8-12-22(19)26-16-18-9-5-4-6-10-18/h4-15H,3,16H2,1-2H3/b14-13+. The highest BCUT2D eigenvalue weighted by molar-refractivity contribution is 6.07. The molecule has 0 aliphatic carbocycles. The van der Waals surface area contributed by atoms with E-state index in [0.29, 0.717) is 12.2 Å². The van der Waals surface area contributed by atoms with Gasteiger partial charge in [-0.05, 0) is 37.6 Å². The molecule has 3 aromatic rings. The number of hydrogen-bond acceptors (Lipinski definition) is 3. The Hall–Kier alpha value is -3.14. The van der Waals surface area contributed by atoms with Crippen molar-refractivity contribution < 1.29 is 9.53 Å². The first-order valence-corrected chi connectivity index (χ1v) is 8.69. The van der Waals surface area contributed by atoms with Crippen LogP contribution in [-0.2, 0) is 13.2 Å². The van der Waals surface area contributed by atoms with Crippen molar-refractivity contribution in [2.24, 2.45) is 0 Å². The summed E-state index contributed by atoms with van der Waals surface area (Å²) < 4.78 is 7.74. The highest BCUT2D eigenvalue weighted by Gasteiger charge is 2.11. The molecule has 0 aliphatic rings. The van der Waals surface area contributed by atoms with E-state index in [0.717, 1.165) is 29.1 Å². The van der Waals surface area contributed by atoms with E-state index in [-0.39, 0.29) is 5.78 Å². The van der Waals surface area contributed by atoms with Gasteiger partial charge in [0.2, 0.25) is 0 Å². The summed E-state index contributed by atoms with van der Waals surface area (Å²) in [6, 6.07) is 17.7. The zero-order chi connectivity index (χ0) is 18.4. The molecule has 1 aromatic heterocycles. The Kier molecular flexibility index (Phi) is 5.64. The first kappa shape index (κ1) is 17.7. The monoisotopic (exact) mass is 346 g/mol. The van der Waals surface area contributed by atoms with Crippen LogP contribution in [0.5, 0.6) is 5.75 Å². The van der Waals surface area contributed by atoms with Gasteiger partial charge >= 0.3 is 0 Å². The summed E-state index contributed by atoms with van der Waals surface area (Å²) in [6.45, 7) is 5.15. The summed E-state index contributed by atoms with van der Waals surface area (Å²) in [4.78, 5) is 12.5. The average molecular weight is 346 g/mol. The van der Waals surface area contributed by atoms with Crippen LogP contribution < -0.4 is 4.74 Å². The van der Waals surface area contributed by atoms with E-state index in [1.165, 1.54) is 0 Å². The van der Waals surface area contributed by atoms with E-state index in [4.69, 9.17) is 4.74 Å². The van der Waals surface area contributed by atoms with E-state index in [1.807, 2.05) is 73.1 Å². The molecule has 132 valence electrons. The lowest BCUT2D eigenvalue weighted by Crippen LogP contribution is -2.01. The number of nitrogens with zero attached hydrogens (tertiary/aromatic N) is 2. The van der Waals surface area contributed by atoms with Crippen LogP contribution in [-0.4, -0.2) is 15.6 Å². The number of ketones is 1. The molecule has 26 heavy (non-hydrogen) atoms. The fraction of sp³-hybridized carbons (Fsp3) is 0.182. The lowest BCUT2D eigenvalue weighted by molar-refractivity contribution is 0.104. The van der Waals surface area contributed by atoms with Crippen molar-refractivity contribution in [2.75, 3.05) is 0 Å². The molecule has 0 radical (unpaired) electrons. The molecule has 0 bridgehead atoms. The maximum Gasteiger partial charge on any atom is 0.189 e. The number of rotatable bonds is 7. The summed E-state index contributed by atoms with van der Waals surface area (Å²) in [5.41, 5.74) is 3.49. The van der Waals surface area contributed by atoms with Crippen molar-refractivity contribution in [1.82, 2.24) is 9.78 Å². The second-order valence-electron chi connectivity index (χ2n) is 5.97. The molecule has 4 nitrogen and oxygen atoms in total. The van der Waals surface area contributed by atoms with Gasteiger partial charge < -0.3 is 4.74 Å². The smallest absolute Gasteiger partial charge is 0.189 e. The Balaban J connectivity index is 1.74. The molecule has 3 rings (SSSR count). The van der Waals surface area contributed by atoms with Crippen LogP contribution in [0.3, 0.4) is 0 Å². The third-order valence-electron chi connectivity index (χ3n) is 4.24. The molecule has 4 heteroatoms. The molecule has 0 amide bonds. The van der Waals surface area contributed by atoms with Crippen LogP contribution in [0.1, 0.15) is 34.1 Å². The Morgan fingerprint density at radius 2 is 1.85 bits per heavy atom. The van der Waals surface area contributed by atoms with Crippen molar-refractivity contribution >= 4 is 11.9 Å². The van der Waals surface area contributed by atoms with Gasteiger partial charge in [-0.3, -0.25) is 9.48 Å². The van der Waals surface area contributed by atoms with Crippen molar-refractivity contribution in [3.8, 4) is 5.75 Å². The number of aromatic nitrogens is 2. The molecule has 0 spiro atoms. The molecule has 0 N–H and O–H groups in total. The summed E-state index contributed by atoms with van der Waals surface area (Å²) in [5.74, 6) is 0.696. The Morgan fingerprint density at radius 1 is 1.12 bits per heavy atom. The SMILES string of the molecule is CCn1ncc(C(=O)/C=C/c2ccccc2OCc2ccccc2)c1C. The molecule has 0 atom stereocenters. The predicted octanol–water partition coefficient (Wildman–Crippen LogP) is 4.69. The Morgan fingerprint density at radius 3 is 2.58 bits per heavy atom. The Labute approximate surface area is 153 Å². The van der Waals surface area contributed by atoms with E-state index < -0.39 is 0 Å². The molecule has 0 unspecified atom stereocenters. The zero-order valence-corrected chi connectivity index (χ0v) is 15.1. The molecule has 0 aliphatic heterocycles. The summed E-state index contributed by atoms with van der Waals surface area (Å²) in [7, 11) is 0. The minimum atomic E-state index is -0.0555. The Bertz CT molecular complexity index is 911. The molecule has 0 saturated heterocycles. The highest BCUT2D eigenvalue weighted by Crippen LogP contribution is 2.21. The number of carbonyl (C=O) groups excluding carboxylic acids is 1. The lowest BCUT2D eigenvalue weighted by atomic mass is 10.1. The summed E-state index contributed by atoms with van der Waals surface area (Å²) >= 11 is 0. The summed E-state index contributed by atoms with van der Waals surface area (Å²) in [5, 5.41) is 4.23. The quantitative estimate of drug-likeness (QED) is 0.461. The largest absolute Gasteiger partial charge is 0.488 e. The second-order valence-corrected chi connectivity index (χ2v) is 5.97. The van der Waals surface area contributed by atoms with Crippen LogP contribution in [0.4, 0.5) is 0 Å². The van der Waals surface area contributed by atoms with E-state index in [9.17, 15) is 4.79 Å².